The van der Waals surface area contributed by atoms with Crippen LogP contribution in [0.2, 0.25) is 0 Å². The van der Waals surface area contributed by atoms with E-state index in [1.54, 1.807) is 0 Å². The SMILES string of the molecule is C=CC(C)CN1CC(=O)N(Cc2ccc(CC(=N)N(C)CC)cc2)c2ccccc2C1.CC.CC=C(C)C. The molecule has 0 bridgehead atoms. The minimum atomic E-state index is 0.122. The molecule has 38 heavy (non-hydrogen) atoms. The number of allylic oxidation sites excluding steroid dienone is 2. The molecule has 0 spiro atoms. The van der Waals surface area contributed by atoms with Crippen LogP contribution in [0.4, 0.5) is 5.69 Å². The van der Waals surface area contributed by atoms with Crippen molar-refractivity contribution in [3.05, 3.63) is 89.5 Å². The lowest BCUT2D eigenvalue weighted by atomic mass is 10.1. The smallest absolute Gasteiger partial charge is 0.241 e. The van der Waals surface area contributed by atoms with Gasteiger partial charge in [0, 0.05) is 38.8 Å². The summed E-state index contributed by atoms with van der Waals surface area (Å²) >= 11 is 0. The summed E-state index contributed by atoms with van der Waals surface area (Å²) in [7, 11) is 1.94. The van der Waals surface area contributed by atoms with Crippen molar-refractivity contribution in [2.24, 2.45) is 5.92 Å². The Morgan fingerprint density at radius 3 is 2.21 bits per heavy atom. The third-order valence-electron chi connectivity index (χ3n) is 6.53. The van der Waals surface area contributed by atoms with E-state index in [0.29, 0.717) is 31.3 Å². The van der Waals surface area contributed by atoms with E-state index < -0.39 is 0 Å². The van der Waals surface area contributed by atoms with Gasteiger partial charge in [-0.15, -0.1) is 6.58 Å². The zero-order valence-corrected chi connectivity index (χ0v) is 25.1. The largest absolute Gasteiger partial charge is 0.364 e. The molecule has 0 fully saturated rings. The molecule has 1 aliphatic rings. The van der Waals surface area contributed by atoms with Gasteiger partial charge in [0.05, 0.1) is 18.9 Å². The first-order chi connectivity index (χ1) is 18.2. The molecule has 2 aromatic carbocycles. The van der Waals surface area contributed by atoms with E-state index in [9.17, 15) is 4.79 Å². The molecular weight excluding hydrogens is 468 g/mol. The predicted molar refractivity (Wildman–Crippen MR) is 165 cm³/mol. The molecule has 1 aliphatic heterocycles. The number of nitrogens with one attached hydrogen (secondary N) is 1. The van der Waals surface area contributed by atoms with Crippen LogP contribution in [-0.2, 0) is 24.3 Å². The summed E-state index contributed by atoms with van der Waals surface area (Å²) in [5.41, 5.74) is 5.76. The number of amides is 1. The number of benzene rings is 2. The van der Waals surface area contributed by atoms with Crippen molar-refractivity contribution in [1.29, 1.82) is 5.41 Å². The van der Waals surface area contributed by atoms with Gasteiger partial charge in [-0.05, 0) is 56.4 Å². The van der Waals surface area contributed by atoms with Crippen LogP contribution in [0.1, 0.15) is 65.2 Å². The summed E-state index contributed by atoms with van der Waals surface area (Å²) in [5, 5.41) is 8.17. The van der Waals surface area contributed by atoms with Crippen LogP contribution in [0.3, 0.4) is 0 Å². The molecule has 0 saturated heterocycles. The van der Waals surface area contributed by atoms with Crippen molar-refractivity contribution in [2.45, 2.75) is 68.0 Å². The second-order valence-corrected chi connectivity index (χ2v) is 9.81. The van der Waals surface area contributed by atoms with Gasteiger partial charge in [0.1, 0.15) is 0 Å². The quantitative estimate of drug-likeness (QED) is 0.226. The van der Waals surface area contributed by atoms with Crippen LogP contribution in [0.25, 0.3) is 0 Å². The Labute approximate surface area is 232 Å². The molecular formula is C33H50N4O. The Hall–Kier alpha value is -3.18. The van der Waals surface area contributed by atoms with Crippen molar-refractivity contribution >= 4 is 17.4 Å². The third-order valence-corrected chi connectivity index (χ3v) is 6.53. The summed E-state index contributed by atoms with van der Waals surface area (Å²) in [5.74, 6) is 1.07. The number of likely N-dealkylation sites (N-methyl/N-ethyl adjacent to an activating group) is 1. The molecule has 0 saturated carbocycles. The molecule has 1 amide bonds. The fourth-order valence-electron chi connectivity index (χ4n) is 3.86. The molecule has 3 rings (SSSR count). The number of amidine groups is 1. The fourth-order valence-corrected chi connectivity index (χ4v) is 3.86. The van der Waals surface area contributed by atoms with E-state index >= 15 is 0 Å². The Bertz CT molecular complexity index is 1040. The number of rotatable bonds is 8. The highest BCUT2D eigenvalue weighted by atomic mass is 16.2. The molecule has 1 N–H and O–H groups in total. The molecule has 1 atom stereocenters. The summed E-state index contributed by atoms with van der Waals surface area (Å²) in [4.78, 5) is 19.3. The van der Waals surface area contributed by atoms with Crippen LogP contribution >= 0.6 is 0 Å². The third kappa shape index (κ3) is 10.7. The number of hydrogen-bond acceptors (Lipinski definition) is 3. The van der Waals surface area contributed by atoms with Gasteiger partial charge in [0.2, 0.25) is 5.91 Å². The number of para-hydroxylation sites is 1. The van der Waals surface area contributed by atoms with E-state index in [4.69, 9.17) is 5.41 Å². The van der Waals surface area contributed by atoms with Crippen LogP contribution in [0.5, 0.6) is 0 Å². The molecule has 0 aliphatic carbocycles. The Morgan fingerprint density at radius 2 is 1.66 bits per heavy atom. The highest BCUT2D eigenvalue weighted by molar-refractivity contribution is 5.96. The molecule has 2 aromatic rings. The second kappa shape index (κ2) is 17.4. The maximum absolute atomic E-state index is 13.2. The maximum Gasteiger partial charge on any atom is 0.241 e. The lowest BCUT2D eigenvalue weighted by Gasteiger charge is -2.24. The van der Waals surface area contributed by atoms with Gasteiger partial charge in [0.25, 0.3) is 0 Å². The summed E-state index contributed by atoms with van der Waals surface area (Å²) < 4.78 is 0. The highest BCUT2D eigenvalue weighted by Gasteiger charge is 2.26. The average molecular weight is 519 g/mol. The second-order valence-electron chi connectivity index (χ2n) is 9.81. The van der Waals surface area contributed by atoms with E-state index in [1.165, 1.54) is 11.1 Å². The summed E-state index contributed by atoms with van der Waals surface area (Å²) in [6, 6.07) is 16.5. The zero-order valence-electron chi connectivity index (χ0n) is 25.1. The van der Waals surface area contributed by atoms with E-state index in [0.717, 1.165) is 36.4 Å². The highest BCUT2D eigenvalue weighted by Crippen LogP contribution is 2.27. The molecule has 0 aromatic heterocycles. The zero-order chi connectivity index (χ0) is 28.7. The molecule has 0 radical (unpaired) electrons. The van der Waals surface area contributed by atoms with Gasteiger partial charge in [-0.2, -0.15) is 0 Å². The van der Waals surface area contributed by atoms with Crippen molar-refractivity contribution in [3.63, 3.8) is 0 Å². The number of hydrogen-bond donors (Lipinski definition) is 1. The van der Waals surface area contributed by atoms with E-state index in [-0.39, 0.29) is 5.91 Å². The monoisotopic (exact) mass is 518 g/mol. The average Bonchev–Trinajstić information content (AvgIpc) is 3.06. The Kier molecular flexibility index (Phi) is 15.0. The predicted octanol–water partition coefficient (Wildman–Crippen LogP) is 7.33. The summed E-state index contributed by atoms with van der Waals surface area (Å²) in [6.45, 7) is 21.6. The molecule has 1 heterocycles. The minimum Gasteiger partial charge on any atom is -0.364 e. The lowest BCUT2D eigenvalue weighted by Crippen LogP contribution is -2.38. The Balaban J connectivity index is 0.000000924. The van der Waals surface area contributed by atoms with Gasteiger partial charge in [0.15, 0.2) is 0 Å². The molecule has 208 valence electrons. The van der Waals surface area contributed by atoms with Gasteiger partial charge in [-0.25, -0.2) is 0 Å². The van der Waals surface area contributed by atoms with E-state index in [2.05, 4.69) is 68.7 Å². The lowest BCUT2D eigenvalue weighted by molar-refractivity contribution is -0.119. The minimum absolute atomic E-state index is 0.122. The Morgan fingerprint density at radius 1 is 1.08 bits per heavy atom. The van der Waals surface area contributed by atoms with Gasteiger partial charge >= 0.3 is 0 Å². The number of anilines is 1. The molecule has 5 nitrogen and oxygen atoms in total. The van der Waals surface area contributed by atoms with Crippen LogP contribution in [-0.4, -0.2) is 48.2 Å². The van der Waals surface area contributed by atoms with Crippen molar-refractivity contribution in [2.75, 3.05) is 31.6 Å². The number of carbonyl (C=O) groups is 1. The summed E-state index contributed by atoms with van der Waals surface area (Å²) in [6.07, 6.45) is 4.64. The van der Waals surface area contributed by atoms with Crippen molar-refractivity contribution in [1.82, 2.24) is 9.80 Å². The van der Waals surface area contributed by atoms with Crippen molar-refractivity contribution in [3.8, 4) is 0 Å². The van der Waals surface area contributed by atoms with Crippen LogP contribution in [0.15, 0.2) is 72.8 Å². The number of fused-ring (bicyclic) bond motifs is 1. The first-order valence-electron chi connectivity index (χ1n) is 13.9. The maximum atomic E-state index is 13.2. The van der Waals surface area contributed by atoms with Crippen LogP contribution < -0.4 is 4.90 Å². The van der Waals surface area contributed by atoms with Gasteiger partial charge in [-0.1, -0.05) is 81.0 Å². The normalized spacial score (nSPS) is 13.5. The topological polar surface area (TPSA) is 50.6 Å². The molecule has 5 heteroatoms. The standard InChI is InChI=1S/C26H34N4O.C5H10.C2H6/c1-5-20(3)16-29-18-23-9-7-8-10-24(23)30(26(31)19-29)17-22-13-11-21(12-14-22)15-25(27)28(4)6-2;1-4-5(2)3;1-2/h5,7-14,20,27H,1,6,15-19H2,2-4H3;4H,1-3H3;1-2H3. The van der Waals surface area contributed by atoms with Crippen molar-refractivity contribution < 1.29 is 4.79 Å². The number of nitrogens with zero attached hydrogens (tertiary/aromatic N) is 3. The first kappa shape index (κ1) is 32.8. The van der Waals surface area contributed by atoms with Gasteiger partial charge < -0.3 is 9.80 Å². The van der Waals surface area contributed by atoms with E-state index in [1.807, 2.05) is 68.8 Å². The number of carbonyl (C=O) groups excluding carboxylic acids is 1. The fraction of sp³-hybridized carbons (Fsp3) is 0.455. The first-order valence-corrected chi connectivity index (χ1v) is 13.9. The van der Waals surface area contributed by atoms with Gasteiger partial charge in [-0.3, -0.25) is 15.1 Å². The molecule has 1 unspecified atom stereocenters. The van der Waals surface area contributed by atoms with Crippen LogP contribution in [0, 0.1) is 11.3 Å².